The van der Waals surface area contributed by atoms with Gasteiger partial charge in [-0.2, -0.15) is 0 Å². The van der Waals surface area contributed by atoms with Gasteiger partial charge < -0.3 is 9.47 Å². The molecule has 0 spiro atoms. The number of hydrogen-bond acceptors (Lipinski definition) is 5. The van der Waals surface area contributed by atoms with Crippen LogP contribution in [0.4, 0.5) is 0 Å². The smallest absolute Gasteiger partial charge is 0.255 e. The molecule has 0 saturated heterocycles. The van der Waals surface area contributed by atoms with Crippen molar-refractivity contribution < 1.29 is 4.79 Å². The number of imidazole rings is 1. The summed E-state index contributed by atoms with van der Waals surface area (Å²) in [6.07, 6.45) is 8.53. The zero-order chi connectivity index (χ0) is 21.3. The van der Waals surface area contributed by atoms with Crippen LogP contribution < -0.4 is 0 Å². The van der Waals surface area contributed by atoms with Crippen LogP contribution in [-0.2, 0) is 13.6 Å². The number of hydrogen-bond donors (Lipinski definition) is 0. The number of amides is 1. The lowest BCUT2D eigenvalue weighted by Gasteiger charge is -2.27. The summed E-state index contributed by atoms with van der Waals surface area (Å²) in [5.74, 6) is 0.785. The van der Waals surface area contributed by atoms with Crippen LogP contribution in [0.5, 0.6) is 0 Å². The molecule has 0 atom stereocenters. The third kappa shape index (κ3) is 3.66. The molecule has 3 aromatic heterocycles. The molecule has 4 rings (SSSR count). The number of carbonyl (C=O) groups excluding carboxylic acids is 1. The SMILES string of the molecule is Cc1cccc2c(C(=O)N(Cc3nccn3C)C(C)C)cc(-c3cncnc3)nc12. The molecule has 1 aromatic carbocycles. The first-order valence-electron chi connectivity index (χ1n) is 9.88. The van der Waals surface area contributed by atoms with Crippen LogP contribution in [0.3, 0.4) is 0 Å². The van der Waals surface area contributed by atoms with Gasteiger partial charge in [-0.1, -0.05) is 18.2 Å². The molecule has 3 heterocycles. The van der Waals surface area contributed by atoms with Gasteiger partial charge in [0.05, 0.1) is 23.3 Å². The number of aryl methyl sites for hydroxylation is 2. The van der Waals surface area contributed by atoms with Crippen LogP contribution in [-0.4, -0.2) is 41.4 Å². The van der Waals surface area contributed by atoms with Crippen LogP contribution in [0.1, 0.15) is 35.6 Å². The van der Waals surface area contributed by atoms with Crippen molar-refractivity contribution in [3.8, 4) is 11.3 Å². The average Bonchev–Trinajstić information content (AvgIpc) is 3.16. The first-order valence-corrected chi connectivity index (χ1v) is 9.88. The zero-order valence-electron chi connectivity index (χ0n) is 17.6. The fourth-order valence-electron chi connectivity index (χ4n) is 3.49. The fraction of sp³-hybridized carbons (Fsp3) is 0.261. The van der Waals surface area contributed by atoms with E-state index in [1.807, 2.05) is 67.7 Å². The summed E-state index contributed by atoms with van der Waals surface area (Å²) < 4.78 is 1.93. The van der Waals surface area contributed by atoms with Gasteiger partial charge >= 0.3 is 0 Å². The molecule has 4 aromatic rings. The van der Waals surface area contributed by atoms with E-state index in [0.717, 1.165) is 27.9 Å². The minimum atomic E-state index is -0.0518. The summed E-state index contributed by atoms with van der Waals surface area (Å²) in [5, 5.41) is 0.839. The van der Waals surface area contributed by atoms with E-state index in [9.17, 15) is 4.79 Å². The number of benzene rings is 1. The molecule has 0 radical (unpaired) electrons. The second-order valence-electron chi connectivity index (χ2n) is 7.63. The predicted octanol–water partition coefficient (Wildman–Crippen LogP) is 3.78. The Labute approximate surface area is 175 Å². The van der Waals surface area contributed by atoms with E-state index in [1.165, 1.54) is 6.33 Å². The van der Waals surface area contributed by atoms with E-state index in [2.05, 4.69) is 15.0 Å². The Morgan fingerprint density at radius 3 is 2.63 bits per heavy atom. The van der Waals surface area contributed by atoms with Gasteiger partial charge in [0, 0.05) is 48.8 Å². The topological polar surface area (TPSA) is 76.8 Å². The monoisotopic (exact) mass is 400 g/mol. The number of carbonyl (C=O) groups is 1. The maximum absolute atomic E-state index is 13.8. The molecule has 7 nitrogen and oxygen atoms in total. The van der Waals surface area contributed by atoms with Crippen molar-refractivity contribution in [2.45, 2.75) is 33.4 Å². The molecule has 0 saturated carbocycles. The van der Waals surface area contributed by atoms with Gasteiger partial charge in [0.1, 0.15) is 12.2 Å². The van der Waals surface area contributed by atoms with Crippen LogP contribution in [0.15, 0.2) is 55.4 Å². The average molecular weight is 400 g/mol. The second-order valence-corrected chi connectivity index (χ2v) is 7.63. The summed E-state index contributed by atoms with van der Waals surface area (Å²) in [7, 11) is 1.93. The second kappa shape index (κ2) is 8.02. The molecule has 152 valence electrons. The maximum atomic E-state index is 13.8. The fourth-order valence-corrected chi connectivity index (χ4v) is 3.49. The van der Waals surface area contributed by atoms with Crippen LogP contribution in [0.25, 0.3) is 22.2 Å². The lowest BCUT2D eigenvalue weighted by atomic mass is 10.0. The highest BCUT2D eigenvalue weighted by Gasteiger charge is 2.24. The van der Waals surface area contributed by atoms with Crippen LogP contribution >= 0.6 is 0 Å². The number of pyridine rings is 1. The molecule has 0 bridgehead atoms. The molecule has 0 aliphatic heterocycles. The molecule has 0 aliphatic carbocycles. The Balaban J connectivity index is 1.86. The number of aromatic nitrogens is 5. The summed E-state index contributed by atoms with van der Waals surface area (Å²) in [6, 6.07) is 7.76. The molecular formula is C23H24N6O. The predicted molar refractivity (Wildman–Crippen MR) is 116 cm³/mol. The van der Waals surface area contributed by atoms with Gasteiger partial charge in [-0.15, -0.1) is 0 Å². The van der Waals surface area contributed by atoms with Crippen LogP contribution in [0, 0.1) is 6.92 Å². The Morgan fingerprint density at radius 2 is 1.97 bits per heavy atom. The number of nitrogens with zero attached hydrogens (tertiary/aromatic N) is 6. The Bertz CT molecular complexity index is 1200. The summed E-state index contributed by atoms with van der Waals surface area (Å²) in [6.45, 7) is 6.46. The quantitative estimate of drug-likeness (QED) is 0.509. The van der Waals surface area contributed by atoms with Gasteiger partial charge in [0.25, 0.3) is 5.91 Å². The minimum Gasteiger partial charge on any atom is -0.337 e. The van der Waals surface area contributed by atoms with Crippen LogP contribution in [0.2, 0.25) is 0 Å². The van der Waals surface area contributed by atoms with Crippen molar-refractivity contribution >= 4 is 16.8 Å². The normalized spacial score (nSPS) is 11.2. The highest BCUT2D eigenvalue weighted by atomic mass is 16.2. The van der Waals surface area contributed by atoms with E-state index >= 15 is 0 Å². The van der Waals surface area contributed by atoms with E-state index in [1.54, 1.807) is 18.6 Å². The van der Waals surface area contributed by atoms with Crippen molar-refractivity contribution in [3.05, 3.63) is 72.3 Å². The molecule has 0 aliphatic rings. The standard InChI is InChI=1S/C23H24N6O/c1-15(2)29(13-21-26-8-9-28(21)4)23(30)19-10-20(17-11-24-14-25-12-17)27-22-16(3)6-5-7-18(19)22/h5-12,14-15H,13H2,1-4H3. The number of rotatable bonds is 5. The molecular weight excluding hydrogens is 376 g/mol. The van der Waals surface area contributed by atoms with Crippen molar-refractivity contribution in [2.24, 2.45) is 7.05 Å². The van der Waals surface area contributed by atoms with E-state index in [4.69, 9.17) is 4.98 Å². The highest BCUT2D eigenvalue weighted by Crippen LogP contribution is 2.28. The number of fused-ring (bicyclic) bond motifs is 1. The Hall–Kier alpha value is -3.61. The maximum Gasteiger partial charge on any atom is 0.255 e. The minimum absolute atomic E-state index is 0.00531. The molecule has 0 fully saturated rings. The van der Waals surface area contributed by atoms with Gasteiger partial charge in [-0.25, -0.2) is 19.9 Å². The lowest BCUT2D eigenvalue weighted by molar-refractivity contribution is 0.0685. The van der Waals surface area contributed by atoms with Crippen molar-refractivity contribution in [1.29, 1.82) is 0 Å². The van der Waals surface area contributed by atoms with Crippen molar-refractivity contribution in [3.63, 3.8) is 0 Å². The van der Waals surface area contributed by atoms with E-state index < -0.39 is 0 Å². The zero-order valence-corrected chi connectivity index (χ0v) is 17.6. The van der Waals surface area contributed by atoms with Gasteiger partial charge in [0.2, 0.25) is 0 Å². The molecule has 0 N–H and O–H groups in total. The van der Waals surface area contributed by atoms with E-state index in [0.29, 0.717) is 17.8 Å². The summed E-state index contributed by atoms with van der Waals surface area (Å²) in [5.41, 5.74) is 3.90. The summed E-state index contributed by atoms with van der Waals surface area (Å²) in [4.78, 5) is 33.0. The molecule has 1 amide bonds. The van der Waals surface area contributed by atoms with Gasteiger partial charge in [-0.05, 0) is 32.4 Å². The van der Waals surface area contributed by atoms with E-state index in [-0.39, 0.29) is 11.9 Å². The molecule has 0 unspecified atom stereocenters. The molecule has 30 heavy (non-hydrogen) atoms. The summed E-state index contributed by atoms with van der Waals surface area (Å²) >= 11 is 0. The number of para-hydroxylation sites is 1. The lowest BCUT2D eigenvalue weighted by Crippen LogP contribution is -2.37. The van der Waals surface area contributed by atoms with Gasteiger partial charge in [-0.3, -0.25) is 4.79 Å². The van der Waals surface area contributed by atoms with Gasteiger partial charge in [0.15, 0.2) is 0 Å². The third-order valence-corrected chi connectivity index (χ3v) is 5.24. The largest absolute Gasteiger partial charge is 0.337 e. The first kappa shape index (κ1) is 19.7. The third-order valence-electron chi connectivity index (χ3n) is 5.24. The Morgan fingerprint density at radius 1 is 1.20 bits per heavy atom. The van der Waals surface area contributed by atoms with Crippen molar-refractivity contribution in [1.82, 2.24) is 29.4 Å². The first-order chi connectivity index (χ1) is 14.5. The molecule has 7 heteroatoms. The highest BCUT2D eigenvalue weighted by molar-refractivity contribution is 6.07. The Kier molecular flexibility index (Phi) is 5.27. The van der Waals surface area contributed by atoms with Crippen molar-refractivity contribution in [2.75, 3.05) is 0 Å².